The van der Waals surface area contributed by atoms with Crippen molar-refractivity contribution in [1.82, 2.24) is 30.1 Å². The Kier molecular flexibility index (Phi) is 5.80. The van der Waals surface area contributed by atoms with Crippen molar-refractivity contribution in [2.24, 2.45) is 0 Å². The number of fused-ring (bicyclic) bond motifs is 2. The van der Waals surface area contributed by atoms with E-state index in [1.807, 2.05) is 31.3 Å². The van der Waals surface area contributed by atoms with E-state index in [4.69, 9.17) is 9.72 Å². The van der Waals surface area contributed by atoms with E-state index in [0.29, 0.717) is 28.3 Å². The first-order valence-electron chi connectivity index (χ1n) is 13.3. The molecule has 1 fully saturated rings. The Morgan fingerprint density at radius 3 is 2.64 bits per heavy atom. The quantitative estimate of drug-likeness (QED) is 0.248. The number of aryl methyl sites for hydroxylation is 1. The van der Waals surface area contributed by atoms with Crippen molar-refractivity contribution in [1.29, 1.82) is 0 Å². The first-order chi connectivity index (χ1) is 19.1. The standard InChI is InChI=1S/C31H27FN6O/c1-18-11-20(13-22(32)12-18)28-30-27(9-10-34-28)35-31(36-30)29-25-15-19(7-8-26(25)37-38-29)21-14-24(17-33-16-21)39-23-5-3-2-4-6-23/h7-17,23H,2-6H2,1H3,(H,35,36)(H,37,38). The highest BCUT2D eigenvalue weighted by Crippen LogP contribution is 2.33. The average molecular weight is 519 g/mol. The molecule has 2 N–H and O–H groups in total. The molecule has 0 spiro atoms. The molecular formula is C31H27FN6O. The van der Waals surface area contributed by atoms with Gasteiger partial charge in [-0.3, -0.25) is 15.1 Å². The summed E-state index contributed by atoms with van der Waals surface area (Å²) in [6.45, 7) is 1.86. The molecule has 6 aromatic rings. The predicted octanol–water partition coefficient (Wildman–Crippen LogP) is 7.39. The molecule has 7 nitrogen and oxygen atoms in total. The van der Waals surface area contributed by atoms with Crippen LogP contribution in [0.5, 0.6) is 5.75 Å². The lowest BCUT2D eigenvalue weighted by molar-refractivity contribution is 0.154. The number of halogens is 1. The second-order valence-corrected chi connectivity index (χ2v) is 10.3. The van der Waals surface area contributed by atoms with Crippen molar-refractivity contribution >= 4 is 21.9 Å². The summed E-state index contributed by atoms with van der Waals surface area (Å²) in [5.74, 6) is 1.12. The molecule has 0 atom stereocenters. The van der Waals surface area contributed by atoms with Gasteiger partial charge in [0.15, 0.2) is 5.82 Å². The molecule has 0 radical (unpaired) electrons. The number of benzene rings is 2. The Morgan fingerprint density at radius 2 is 1.77 bits per heavy atom. The van der Waals surface area contributed by atoms with Crippen LogP contribution in [-0.2, 0) is 0 Å². The maximum atomic E-state index is 14.2. The summed E-state index contributed by atoms with van der Waals surface area (Å²) < 4.78 is 20.4. The number of hydrogen-bond donors (Lipinski definition) is 2. The maximum Gasteiger partial charge on any atom is 0.159 e. The summed E-state index contributed by atoms with van der Waals surface area (Å²) in [6.07, 6.45) is 11.5. The zero-order chi connectivity index (χ0) is 26.3. The first kappa shape index (κ1) is 23.5. The van der Waals surface area contributed by atoms with E-state index in [2.05, 4.69) is 43.3 Å². The molecule has 0 aliphatic heterocycles. The third kappa shape index (κ3) is 4.52. The number of hydrogen-bond acceptors (Lipinski definition) is 5. The number of imidazole rings is 1. The summed E-state index contributed by atoms with van der Waals surface area (Å²) in [5.41, 5.74) is 7.21. The van der Waals surface area contributed by atoms with Crippen molar-refractivity contribution in [3.05, 3.63) is 78.5 Å². The highest BCUT2D eigenvalue weighted by molar-refractivity contribution is 5.97. The monoisotopic (exact) mass is 518 g/mol. The number of pyridine rings is 2. The number of aromatic amines is 2. The average Bonchev–Trinajstić information content (AvgIpc) is 3.57. The number of ether oxygens (including phenoxy) is 1. The highest BCUT2D eigenvalue weighted by Gasteiger charge is 2.18. The third-order valence-corrected chi connectivity index (χ3v) is 7.41. The minimum absolute atomic E-state index is 0.266. The zero-order valence-electron chi connectivity index (χ0n) is 21.5. The first-order valence-corrected chi connectivity index (χ1v) is 13.3. The van der Waals surface area contributed by atoms with E-state index in [0.717, 1.165) is 51.7 Å². The Balaban J connectivity index is 1.26. The van der Waals surface area contributed by atoms with Gasteiger partial charge in [0, 0.05) is 28.9 Å². The fraction of sp³-hybridized carbons (Fsp3) is 0.226. The molecule has 194 valence electrons. The molecular weight excluding hydrogens is 491 g/mol. The van der Waals surface area contributed by atoms with Gasteiger partial charge < -0.3 is 9.72 Å². The van der Waals surface area contributed by atoms with Crippen LogP contribution in [0.25, 0.3) is 55.8 Å². The predicted molar refractivity (Wildman–Crippen MR) is 150 cm³/mol. The summed E-state index contributed by atoms with van der Waals surface area (Å²) >= 11 is 0. The summed E-state index contributed by atoms with van der Waals surface area (Å²) in [7, 11) is 0. The highest BCUT2D eigenvalue weighted by atomic mass is 19.1. The van der Waals surface area contributed by atoms with Crippen molar-refractivity contribution in [2.45, 2.75) is 45.1 Å². The summed E-state index contributed by atoms with van der Waals surface area (Å²) in [4.78, 5) is 17.2. The van der Waals surface area contributed by atoms with Crippen LogP contribution in [0, 0.1) is 12.7 Å². The molecule has 39 heavy (non-hydrogen) atoms. The van der Waals surface area contributed by atoms with Gasteiger partial charge >= 0.3 is 0 Å². The van der Waals surface area contributed by atoms with Crippen LogP contribution in [-0.4, -0.2) is 36.2 Å². The van der Waals surface area contributed by atoms with Crippen molar-refractivity contribution in [3.63, 3.8) is 0 Å². The van der Waals surface area contributed by atoms with E-state index in [9.17, 15) is 4.39 Å². The van der Waals surface area contributed by atoms with E-state index >= 15 is 0 Å². The van der Waals surface area contributed by atoms with Gasteiger partial charge in [-0.1, -0.05) is 12.5 Å². The molecule has 2 aromatic carbocycles. The molecule has 1 aliphatic carbocycles. The van der Waals surface area contributed by atoms with Gasteiger partial charge in [0.05, 0.1) is 29.0 Å². The lowest BCUT2D eigenvalue weighted by Gasteiger charge is -2.23. The van der Waals surface area contributed by atoms with Crippen LogP contribution >= 0.6 is 0 Å². The number of rotatable bonds is 5. The van der Waals surface area contributed by atoms with Crippen LogP contribution in [0.15, 0.2) is 67.1 Å². The van der Waals surface area contributed by atoms with Gasteiger partial charge in [0.25, 0.3) is 0 Å². The lowest BCUT2D eigenvalue weighted by Crippen LogP contribution is -2.19. The van der Waals surface area contributed by atoms with Gasteiger partial charge in [0.1, 0.15) is 22.8 Å². The minimum Gasteiger partial charge on any atom is -0.489 e. The van der Waals surface area contributed by atoms with Crippen molar-refractivity contribution in [2.75, 3.05) is 0 Å². The van der Waals surface area contributed by atoms with Gasteiger partial charge in [-0.15, -0.1) is 0 Å². The lowest BCUT2D eigenvalue weighted by atomic mass is 9.98. The second kappa shape index (κ2) is 9.62. The molecule has 1 aliphatic rings. The Bertz CT molecular complexity index is 1800. The third-order valence-electron chi connectivity index (χ3n) is 7.41. The van der Waals surface area contributed by atoms with Crippen LogP contribution < -0.4 is 4.74 Å². The van der Waals surface area contributed by atoms with Gasteiger partial charge in [0.2, 0.25) is 0 Å². The van der Waals surface area contributed by atoms with Gasteiger partial charge in [-0.25, -0.2) is 9.37 Å². The molecule has 7 rings (SSSR count). The largest absolute Gasteiger partial charge is 0.489 e. The fourth-order valence-corrected chi connectivity index (χ4v) is 5.52. The maximum absolute atomic E-state index is 14.2. The van der Waals surface area contributed by atoms with Crippen molar-refractivity contribution in [3.8, 4) is 39.7 Å². The van der Waals surface area contributed by atoms with Crippen LogP contribution in [0.4, 0.5) is 4.39 Å². The van der Waals surface area contributed by atoms with Crippen LogP contribution in [0.3, 0.4) is 0 Å². The molecule has 4 aromatic heterocycles. The van der Waals surface area contributed by atoms with Crippen LogP contribution in [0.1, 0.15) is 37.7 Å². The molecule has 0 unspecified atom stereocenters. The number of aromatic nitrogens is 6. The number of nitrogens with zero attached hydrogens (tertiary/aromatic N) is 4. The van der Waals surface area contributed by atoms with E-state index in [-0.39, 0.29) is 11.9 Å². The minimum atomic E-state index is -0.298. The topological polar surface area (TPSA) is 92.4 Å². The van der Waals surface area contributed by atoms with E-state index in [1.165, 1.54) is 31.4 Å². The van der Waals surface area contributed by atoms with Crippen LogP contribution in [0.2, 0.25) is 0 Å². The molecule has 4 heterocycles. The van der Waals surface area contributed by atoms with Gasteiger partial charge in [-0.05, 0) is 86.2 Å². The van der Waals surface area contributed by atoms with Crippen molar-refractivity contribution < 1.29 is 9.13 Å². The fourth-order valence-electron chi connectivity index (χ4n) is 5.52. The normalized spacial score (nSPS) is 14.3. The SMILES string of the molecule is Cc1cc(F)cc(-c2nccc3[nH]c(-c4n[nH]c5ccc(-c6cncc(OC7CCCCC7)c6)cc45)nc23)c1. The van der Waals surface area contributed by atoms with E-state index < -0.39 is 0 Å². The Morgan fingerprint density at radius 1 is 0.872 bits per heavy atom. The zero-order valence-corrected chi connectivity index (χ0v) is 21.5. The molecule has 0 amide bonds. The smallest absolute Gasteiger partial charge is 0.159 e. The molecule has 0 bridgehead atoms. The summed E-state index contributed by atoms with van der Waals surface area (Å²) in [6, 6.07) is 15.0. The van der Waals surface area contributed by atoms with Gasteiger partial charge in [-0.2, -0.15) is 5.10 Å². The summed E-state index contributed by atoms with van der Waals surface area (Å²) in [5, 5.41) is 8.63. The number of H-pyrrole nitrogens is 2. The molecule has 0 saturated heterocycles. The second-order valence-electron chi connectivity index (χ2n) is 10.3. The Labute approximate surface area is 224 Å². The number of nitrogens with one attached hydrogen (secondary N) is 2. The molecule has 8 heteroatoms. The Hall–Kier alpha value is -4.59. The van der Waals surface area contributed by atoms with E-state index in [1.54, 1.807) is 12.4 Å². The molecule has 1 saturated carbocycles.